The molecule has 2 N–H and O–H groups in total. The van der Waals surface area contributed by atoms with Gasteiger partial charge in [-0.2, -0.15) is 9.67 Å². The molecule has 0 amide bonds. The molecule has 0 spiro atoms. The van der Waals surface area contributed by atoms with E-state index in [1.807, 2.05) is 0 Å². The first-order valence-corrected chi connectivity index (χ1v) is 5.97. The van der Waals surface area contributed by atoms with Crippen LogP contribution in [0.2, 0.25) is 0 Å². The van der Waals surface area contributed by atoms with Crippen molar-refractivity contribution >= 4 is 11.9 Å². The summed E-state index contributed by atoms with van der Waals surface area (Å²) < 4.78 is 14.6. The fraction of sp³-hybridized carbons (Fsp3) is 0.333. The molecule has 0 bridgehead atoms. The summed E-state index contributed by atoms with van der Waals surface area (Å²) in [6.45, 7) is 1.90. The van der Waals surface area contributed by atoms with Gasteiger partial charge < -0.3 is 10.6 Å². The van der Waals surface area contributed by atoms with E-state index in [1.165, 1.54) is 16.8 Å². The largest absolute Gasteiger partial charge is 0.368 e. The summed E-state index contributed by atoms with van der Waals surface area (Å²) in [5, 5.41) is 4.34. The molecule has 2 heterocycles. The van der Waals surface area contributed by atoms with Crippen molar-refractivity contribution < 1.29 is 4.39 Å². The molecule has 1 aliphatic rings. The first kappa shape index (κ1) is 11.0. The highest BCUT2D eigenvalue weighted by molar-refractivity contribution is 5.43. The highest BCUT2D eigenvalue weighted by Gasteiger charge is 2.18. The molecule has 1 fully saturated rings. The fourth-order valence-corrected chi connectivity index (χ4v) is 2.16. The number of halogens is 1. The first-order valence-electron chi connectivity index (χ1n) is 5.97. The highest BCUT2D eigenvalue weighted by Crippen LogP contribution is 2.20. The molecule has 1 aliphatic heterocycles. The van der Waals surface area contributed by atoms with E-state index in [2.05, 4.69) is 15.0 Å². The van der Waals surface area contributed by atoms with Crippen molar-refractivity contribution in [3.8, 4) is 5.69 Å². The molecular weight excluding hydrogens is 233 g/mol. The quantitative estimate of drug-likeness (QED) is 0.875. The maximum Gasteiger partial charge on any atom is 0.246 e. The van der Waals surface area contributed by atoms with Crippen molar-refractivity contribution in [2.45, 2.75) is 12.8 Å². The van der Waals surface area contributed by atoms with E-state index in [9.17, 15) is 4.39 Å². The number of nitrogen functional groups attached to an aromatic ring is 1. The number of hydrogen-bond acceptors (Lipinski definition) is 4. The Labute approximate surface area is 104 Å². The number of aromatic nitrogens is 3. The maximum atomic E-state index is 13.2. The monoisotopic (exact) mass is 247 g/mol. The van der Waals surface area contributed by atoms with Crippen molar-refractivity contribution in [2.75, 3.05) is 23.7 Å². The Balaban J connectivity index is 1.97. The van der Waals surface area contributed by atoms with Crippen molar-refractivity contribution in [3.63, 3.8) is 0 Å². The summed E-state index contributed by atoms with van der Waals surface area (Å²) in [7, 11) is 0. The van der Waals surface area contributed by atoms with Crippen molar-refractivity contribution in [1.82, 2.24) is 14.8 Å². The average Bonchev–Trinajstić information content (AvgIpc) is 2.97. The lowest BCUT2D eigenvalue weighted by atomic mass is 10.3. The molecule has 1 aromatic carbocycles. The van der Waals surface area contributed by atoms with Crippen LogP contribution in [-0.2, 0) is 0 Å². The van der Waals surface area contributed by atoms with Gasteiger partial charge in [0, 0.05) is 13.1 Å². The lowest BCUT2D eigenvalue weighted by Gasteiger charge is -2.10. The summed E-state index contributed by atoms with van der Waals surface area (Å²) in [4.78, 5) is 6.32. The summed E-state index contributed by atoms with van der Waals surface area (Å²) in [5.74, 6) is 0.585. The maximum absolute atomic E-state index is 13.2. The smallest absolute Gasteiger partial charge is 0.246 e. The molecule has 3 rings (SSSR count). The van der Waals surface area contributed by atoms with Gasteiger partial charge in [-0.15, -0.1) is 5.10 Å². The van der Waals surface area contributed by atoms with Gasteiger partial charge in [0.2, 0.25) is 11.9 Å². The minimum atomic E-state index is -0.315. The minimum Gasteiger partial charge on any atom is -0.368 e. The zero-order chi connectivity index (χ0) is 12.5. The Morgan fingerprint density at radius 3 is 2.72 bits per heavy atom. The van der Waals surface area contributed by atoms with Gasteiger partial charge in [0.15, 0.2) is 0 Å². The molecule has 2 aromatic rings. The third-order valence-corrected chi connectivity index (χ3v) is 3.06. The van der Waals surface area contributed by atoms with Crippen LogP contribution in [0.5, 0.6) is 0 Å². The van der Waals surface area contributed by atoms with Gasteiger partial charge in [0.05, 0.1) is 5.69 Å². The molecule has 0 radical (unpaired) electrons. The number of hydrogen-bond donors (Lipinski definition) is 1. The topological polar surface area (TPSA) is 60.0 Å². The number of rotatable bonds is 2. The molecule has 0 saturated carbocycles. The van der Waals surface area contributed by atoms with Gasteiger partial charge in [-0.25, -0.2) is 4.39 Å². The normalized spacial score (nSPS) is 15.3. The van der Waals surface area contributed by atoms with Crippen LogP contribution in [0.3, 0.4) is 0 Å². The second kappa shape index (κ2) is 4.29. The van der Waals surface area contributed by atoms with Gasteiger partial charge in [0.1, 0.15) is 5.82 Å². The van der Waals surface area contributed by atoms with Crippen LogP contribution >= 0.6 is 0 Å². The van der Waals surface area contributed by atoms with E-state index in [-0.39, 0.29) is 11.8 Å². The standard InChI is InChI=1S/C12H14FN5/c13-9-4-3-5-10(8-9)18-11(14)15-12(16-18)17-6-1-2-7-17/h3-5,8H,1-2,6-7H2,(H2,14,15,16). The van der Waals surface area contributed by atoms with E-state index in [0.29, 0.717) is 11.6 Å². The lowest BCUT2D eigenvalue weighted by Crippen LogP contribution is -2.19. The number of benzene rings is 1. The van der Waals surface area contributed by atoms with Crippen LogP contribution in [-0.4, -0.2) is 27.9 Å². The highest BCUT2D eigenvalue weighted by atomic mass is 19.1. The van der Waals surface area contributed by atoms with Crippen LogP contribution in [0.25, 0.3) is 5.69 Å². The van der Waals surface area contributed by atoms with Gasteiger partial charge in [0.25, 0.3) is 0 Å². The number of nitrogens with zero attached hydrogens (tertiary/aromatic N) is 4. The molecule has 18 heavy (non-hydrogen) atoms. The van der Waals surface area contributed by atoms with E-state index in [1.54, 1.807) is 12.1 Å². The van der Waals surface area contributed by atoms with Crippen LogP contribution in [0, 0.1) is 5.82 Å². The number of nitrogens with two attached hydrogens (primary N) is 1. The zero-order valence-electron chi connectivity index (χ0n) is 9.88. The third-order valence-electron chi connectivity index (χ3n) is 3.06. The molecule has 1 aromatic heterocycles. The predicted octanol–water partition coefficient (Wildman–Crippen LogP) is 1.59. The van der Waals surface area contributed by atoms with Crippen LogP contribution in [0.4, 0.5) is 16.3 Å². The van der Waals surface area contributed by atoms with E-state index in [0.717, 1.165) is 25.9 Å². The summed E-state index contributed by atoms with van der Waals surface area (Å²) in [6.07, 6.45) is 2.29. The van der Waals surface area contributed by atoms with Crippen LogP contribution in [0.15, 0.2) is 24.3 Å². The van der Waals surface area contributed by atoms with Crippen molar-refractivity contribution in [1.29, 1.82) is 0 Å². The second-order valence-electron chi connectivity index (χ2n) is 4.36. The average molecular weight is 247 g/mol. The fourth-order valence-electron chi connectivity index (χ4n) is 2.16. The molecule has 0 aliphatic carbocycles. The second-order valence-corrected chi connectivity index (χ2v) is 4.36. The molecule has 0 atom stereocenters. The van der Waals surface area contributed by atoms with Gasteiger partial charge in [-0.1, -0.05) is 6.07 Å². The molecule has 6 heteroatoms. The van der Waals surface area contributed by atoms with Crippen LogP contribution in [0.1, 0.15) is 12.8 Å². The Kier molecular flexibility index (Phi) is 2.62. The van der Waals surface area contributed by atoms with Gasteiger partial charge >= 0.3 is 0 Å². The Hall–Kier alpha value is -2.11. The summed E-state index contributed by atoms with van der Waals surface area (Å²) in [6, 6.07) is 6.15. The molecular formula is C12H14FN5. The first-order chi connectivity index (χ1) is 8.74. The van der Waals surface area contributed by atoms with E-state index in [4.69, 9.17) is 5.73 Å². The Morgan fingerprint density at radius 1 is 1.22 bits per heavy atom. The van der Waals surface area contributed by atoms with Gasteiger partial charge in [-0.3, -0.25) is 0 Å². The summed E-state index contributed by atoms with van der Waals surface area (Å²) in [5.41, 5.74) is 6.42. The number of anilines is 2. The minimum absolute atomic E-state index is 0.280. The predicted molar refractivity (Wildman–Crippen MR) is 67.2 cm³/mol. The lowest BCUT2D eigenvalue weighted by molar-refractivity contribution is 0.625. The zero-order valence-corrected chi connectivity index (χ0v) is 9.88. The van der Waals surface area contributed by atoms with E-state index < -0.39 is 0 Å². The Morgan fingerprint density at radius 2 is 2.00 bits per heavy atom. The SMILES string of the molecule is Nc1nc(N2CCCC2)nn1-c1cccc(F)c1. The molecule has 1 saturated heterocycles. The van der Waals surface area contributed by atoms with E-state index >= 15 is 0 Å². The third kappa shape index (κ3) is 1.90. The van der Waals surface area contributed by atoms with Gasteiger partial charge in [-0.05, 0) is 31.0 Å². The molecule has 94 valence electrons. The molecule has 0 unspecified atom stereocenters. The van der Waals surface area contributed by atoms with Crippen LogP contribution < -0.4 is 10.6 Å². The van der Waals surface area contributed by atoms with Crippen molar-refractivity contribution in [2.24, 2.45) is 0 Å². The molecule has 5 nitrogen and oxygen atoms in total. The summed E-state index contributed by atoms with van der Waals surface area (Å²) >= 11 is 0. The Bertz CT molecular complexity index is 559. The van der Waals surface area contributed by atoms with Crippen molar-refractivity contribution in [3.05, 3.63) is 30.1 Å².